The molecule has 24 heavy (non-hydrogen) atoms. The number of thioether (sulfide) groups is 1. The largest absolute Gasteiger partial charge is 0.301 e. The summed E-state index contributed by atoms with van der Waals surface area (Å²) in [5.74, 6) is 0.202. The predicted molar refractivity (Wildman–Crippen MR) is 103 cm³/mol. The summed E-state index contributed by atoms with van der Waals surface area (Å²) in [6.45, 7) is 0. The Morgan fingerprint density at radius 3 is 2.67 bits per heavy atom. The molecule has 7 heteroatoms. The average Bonchev–Trinajstić information content (AvgIpc) is 3.02. The van der Waals surface area contributed by atoms with Crippen LogP contribution in [-0.4, -0.2) is 16.6 Å². The first-order chi connectivity index (χ1) is 11.6. The lowest BCUT2D eigenvalue weighted by Crippen LogP contribution is -2.13. The van der Waals surface area contributed by atoms with Crippen LogP contribution in [0.5, 0.6) is 0 Å². The Kier molecular flexibility index (Phi) is 5.79. The number of carbonyl (C=O) groups is 1. The van der Waals surface area contributed by atoms with Gasteiger partial charge in [0.15, 0.2) is 5.13 Å². The number of benzene rings is 2. The maximum Gasteiger partial charge on any atom is 0.236 e. The number of anilines is 1. The predicted octanol–water partition coefficient (Wildman–Crippen LogP) is 5.85. The van der Waals surface area contributed by atoms with E-state index in [1.807, 2.05) is 47.8 Å². The molecule has 0 fully saturated rings. The summed E-state index contributed by atoms with van der Waals surface area (Å²) < 4.78 is 0. The fourth-order valence-corrected chi connectivity index (χ4v) is 3.82. The summed E-state index contributed by atoms with van der Waals surface area (Å²) in [6.07, 6.45) is 0. The standard InChI is InChI=1S/C17H12Cl2N2OS2/c18-12-6-4-11(5-7-12)15-9-24-17(20-15)21-16(22)10-23-14-3-1-2-13(19)8-14/h1-9H,10H2,(H,20,21,22). The smallest absolute Gasteiger partial charge is 0.236 e. The number of halogens is 2. The van der Waals surface area contributed by atoms with Gasteiger partial charge in [-0.25, -0.2) is 4.98 Å². The number of aromatic nitrogens is 1. The van der Waals surface area contributed by atoms with Crippen LogP contribution in [-0.2, 0) is 4.79 Å². The van der Waals surface area contributed by atoms with E-state index in [4.69, 9.17) is 23.2 Å². The molecule has 0 saturated heterocycles. The summed E-state index contributed by atoms with van der Waals surface area (Å²) in [7, 11) is 0. The highest BCUT2D eigenvalue weighted by Crippen LogP contribution is 2.26. The first-order valence-electron chi connectivity index (χ1n) is 7.00. The molecule has 1 heterocycles. The van der Waals surface area contributed by atoms with Gasteiger partial charge in [-0.05, 0) is 30.3 Å². The van der Waals surface area contributed by atoms with Gasteiger partial charge in [0.2, 0.25) is 5.91 Å². The molecule has 0 aliphatic rings. The third-order valence-electron chi connectivity index (χ3n) is 3.06. The van der Waals surface area contributed by atoms with E-state index in [-0.39, 0.29) is 5.91 Å². The maximum absolute atomic E-state index is 12.0. The zero-order valence-electron chi connectivity index (χ0n) is 12.3. The van der Waals surface area contributed by atoms with Gasteiger partial charge >= 0.3 is 0 Å². The Balaban J connectivity index is 1.58. The summed E-state index contributed by atoms with van der Waals surface area (Å²) in [6, 6.07) is 14.9. The number of hydrogen-bond acceptors (Lipinski definition) is 4. The molecule has 1 amide bonds. The van der Waals surface area contributed by atoms with E-state index in [2.05, 4.69) is 10.3 Å². The van der Waals surface area contributed by atoms with Crippen LogP contribution in [0.1, 0.15) is 0 Å². The van der Waals surface area contributed by atoms with E-state index in [0.717, 1.165) is 16.2 Å². The Morgan fingerprint density at radius 1 is 1.12 bits per heavy atom. The van der Waals surface area contributed by atoms with Crippen LogP contribution >= 0.6 is 46.3 Å². The van der Waals surface area contributed by atoms with Gasteiger partial charge in [-0.15, -0.1) is 23.1 Å². The van der Waals surface area contributed by atoms with Crippen molar-refractivity contribution in [3.8, 4) is 11.3 Å². The Labute approximate surface area is 158 Å². The highest BCUT2D eigenvalue weighted by Gasteiger charge is 2.09. The molecule has 0 spiro atoms. The van der Waals surface area contributed by atoms with Gasteiger partial charge in [-0.3, -0.25) is 4.79 Å². The van der Waals surface area contributed by atoms with Crippen molar-refractivity contribution >= 4 is 57.3 Å². The number of nitrogens with one attached hydrogen (secondary N) is 1. The number of rotatable bonds is 5. The molecule has 3 rings (SSSR count). The minimum Gasteiger partial charge on any atom is -0.301 e. The number of hydrogen-bond donors (Lipinski definition) is 1. The van der Waals surface area contributed by atoms with Gasteiger partial charge in [0.1, 0.15) is 0 Å². The maximum atomic E-state index is 12.0. The molecular formula is C17H12Cl2N2OS2. The molecule has 0 bridgehead atoms. The van der Waals surface area contributed by atoms with E-state index in [9.17, 15) is 4.79 Å². The second-order valence-corrected chi connectivity index (χ2v) is 7.62. The van der Waals surface area contributed by atoms with Crippen LogP contribution in [0.15, 0.2) is 58.8 Å². The summed E-state index contributed by atoms with van der Waals surface area (Å²) in [5.41, 5.74) is 1.78. The van der Waals surface area contributed by atoms with Gasteiger partial charge in [0, 0.05) is 25.9 Å². The third kappa shape index (κ3) is 4.74. The second kappa shape index (κ2) is 8.03. The number of carbonyl (C=O) groups excluding carboxylic acids is 1. The van der Waals surface area contributed by atoms with Gasteiger partial charge in [-0.2, -0.15) is 0 Å². The van der Waals surface area contributed by atoms with Gasteiger partial charge < -0.3 is 5.32 Å². The van der Waals surface area contributed by atoms with Crippen molar-refractivity contribution in [2.45, 2.75) is 4.90 Å². The van der Waals surface area contributed by atoms with E-state index in [1.54, 1.807) is 6.07 Å². The van der Waals surface area contributed by atoms with Crippen molar-refractivity contribution < 1.29 is 4.79 Å². The lowest BCUT2D eigenvalue weighted by atomic mass is 10.2. The molecule has 0 radical (unpaired) electrons. The van der Waals surface area contributed by atoms with Gasteiger partial charge in [0.05, 0.1) is 11.4 Å². The lowest BCUT2D eigenvalue weighted by molar-refractivity contribution is -0.113. The van der Waals surface area contributed by atoms with E-state index in [0.29, 0.717) is 20.9 Å². The van der Waals surface area contributed by atoms with Crippen LogP contribution in [0.2, 0.25) is 10.0 Å². The topological polar surface area (TPSA) is 42.0 Å². The average molecular weight is 395 g/mol. The van der Waals surface area contributed by atoms with Crippen LogP contribution < -0.4 is 5.32 Å². The second-order valence-electron chi connectivity index (χ2n) is 4.84. The summed E-state index contributed by atoms with van der Waals surface area (Å²) >= 11 is 14.6. The molecule has 0 atom stereocenters. The summed E-state index contributed by atoms with van der Waals surface area (Å²) in [5, 5.41) is 6.64. The van der Waals surface area contributed by atoms with Crippen molar-refractivity contribution in [1.29, 1.82) is 0 Å². The number of thiazole rings is 1. The van der Waals surface area contributed by atoms with Gasteiger partial charge in [-0.1, -0.05) is 41.4 Å². The van der Waals surface area contributed by atoms with Crippen LogP contribution in [0.25, 0.3) is 11.3 Å². The molecule has 1 aromatic heterocycles. The van der Waals surface area contributed by atoms with Crippen LogP contribution in [0, 0.1) is 0 Å². The highest BCUT2D eigenvalue weighted by molar-refractivity contribution is 8.00. The van der Waals surface area contributed by atoms with Crippen LogP contribution in [0.4, 0.5) is 5.13 Å². The zero-order chi connectivity index (χ0) is 16.9. The lowest BCUT2D eigenvalue weighted by Gasteiger charge is -2.02. The Bertz CT molecular complexity index is 850. The number of amides is 1. The van der Waals surface area contributed by atoms with Crippen molar-refractivity contribution in [2.24, 2.45) is 0 Å². The van der Waals surface area contributed by atoms with Crippen LogP contribution in [0.3, 0.4) is 0 Å². The zero-order valence-corrected chi connectivity index (χ0v) is 15.5. The number of nitrogens with zero attached hydrogens (tertiary/aromatic N) is 1. The Hall–Kier alpha value is -1.53. The third-order valence-corrected chi connectivity index (χ3v) is 5.30. The first kappa shape index (κ1) is 17.3. The fraction of sp³-hybridized carbons (Fsp3) is 0.0588. The molecular weight excluding hydrogens is 383 g/mol. The molecule has 1 N–H and O–H groups in total. The molecule has 122 valence electrons. The molecule has 3 aromatic rings. The first-order valence-corrected chi connectivity index (χ1v) is 9.62. The molecule has 0 unspecified atom stereocenters. The molecule has 2 aromatic carbocycles. The fourth-order valence-electron chi connectivity index (χ4n) is 1.95. The quantitative estimate of drug-likeness (QED) is 0.551. The molecule has 3 nitrogen and oxygen atoms in total. The highest BCUT2D eigenvalue weighted by atomic mass is 35.5. The van der Waals surface area contributed by atoms with Crippen molar-refractivity contribution in [1.82, 2.24) is 4.98 Å². The molecule has 0 aliphatic heterocycles. The van der Waals surface area contributed by atoms with E-state index in [1.165, 1.54) is 23.1 Å². The van der Waals surface area contributed by atoms with E-state index < -0.39 is 0 Å². The monoisotopic (exact) mass is 394 g/mol. The summed E-state index contributed by atoms with van der Waals surface area (Å²) in [4.78, 5) is 17.4. The minimum atomic E-state index is -0.100. The molecule has 0 saturated carbocycles. The SMILES string of the molecule is O=C(CSc1cccc(Cl)c1)Nc1nc(-c2ccc(Cl)cc2)cs1. The van der Waals surface area contributed by atoms with Crippen molar-refractivity contribution in [3.05, 3.63) is 64.0 Å². The molecule has 0 aliphatic carbocycles. The Morgan fingerprint density at radius 2 is 1.92 bits per heavy atom. The van der Waals surface area contributed by atoms with Crippen molar-refractivity contribution in [3.63, 3.8) is 0 Å². The normalized spacial score (nSPS) is 10.6. The van der Waals surface area contributed by atoms with E-state index >= 15 is 0 Å². The minimum absolute atomic E-state index is 0.100. The van der Waals surface area contributed by atoms with Crippen molar-refractivity contribution in [2.75, 3.05) is 11.1 Å². The van der Waals surface area contributed by atoms with Gasteiger partial charge in [0.25, 0.3) is 0 Å².